The summed E-state index contributed by atoms with van der Waals surface area (Å²) in [6.07, 6.45) is 3.24. The van der Waals surface area contributed by atoms with Gasteiger partial charge >= 0.3 is 0 Å². The van der Waals surface area contributed by atoms with Crippen molar-refractivity contribution in [3.8, 4) is 5.75 Å². The number of hydrogen-bond acceptors (Lipinski definition) is 4. The molecule has 0 bridgehead atoms. The summed E-state index contributed by atoms with van der Waals surface area (Å²) in [4.78, 5) is 16.7. The molecule has 0 radical (unpaired) electrons. The number of methoxy groups -OCH3 is 1. The summed E-state index contributed by atoms with van der Waals surface area (Å²) in [5, 5.41) is 6.14. The minimum absolute atomic E-state index is 0.216. The number of nitrogens with zero attached hydrogens (tertiary/aromatic N) is 1. The standard InChI is InChI=1S/C22H23N3O2/c1-15(2)16-4-6-18(7-5-16)24-20-12-17(13-23-14-20)22(26)25-19-8-10-21(27-3)11-9-19/h4-15,24H,1-3H3,(H,25,26). The van der Waals surface area contributed by atoms with Gasteiger partial charge in [0.25, 0.3) is 5.91 Å². The van der Waals surface area contributed by atoms with Gasteiger partial charge in [-0.15, -0.1) is 0 Å². The summed E-state index contributed by atoms with van der Waals surface area (Å²) in [6, 6.07) is 17.2. The van der Waals surface area contributed by atoms with E-state index in [9.17, 15) is 4.79 Å². The van der Waals surface area contributed by atoms with Crippen LogP contribution in [-0.2, 0) is 0 Å². The Labute approximate surface area is 159 Å². The topological polar surface area (TPSA) is 63.2 Å². The molecule has 0 saturated carbocycles. The van der Waals surface area contributed by atoms with Crippen molar-refractivity contribution in [1.82, 2.24) is 4.98 Å². The number of ether oxygens (including phenoxy) is 1. The first kappa shape index (κ1) is 18.5. The van der Waals surface area contributed by atoms with Crippen LogP contribution in [0.2, 0.25) is 0 Å². The van der Waals surface area contributed by atoms with Gasteiger partial charge in [-0.3, -0.25) is 9.78 Å². The largest absolute Gasteiger partial charge is 0.497 e. The van der Waals surface area contributed by atoms with E-state index in [1.165, 1.54) is 5.56 Å². The molecule has 1 heterocycles. The average molecular weight is 361 g/mol. The number of benzene rings is 2. The van der Waals surface area contributed by atoms with Crippen LogP contribution in [0.25, 0.3) is 0 Å². The predicted octanol–water partition coefficient (Wildman–Crippen LogP) is 5.21. The van der Waals surface area contributed by atoms with E-state index in [4.69, 9.17) is 4.74 Å². The van der Waals surface area contributed by atoms with Gasteiger partial charge in [0.15, 0.2) is 0 Å². The van der Waals surface area contributed by atoms with Gasteiger partial charge < -0.3 is 15.4 Å². The van der Waals surface area contributed by atoms with Crippen molar-refractivity contribution >= 4 is 23.0 Å². The van der Waals surface area contributed by atoms with Gasteiger partial charge in [-0.25, -0.2) is 0 Å². The van der Waals surface area contributed by atoms with Gasteiger partial charge in [-0.1, -0.05) is 26.0 Å². The summed E-state index contributed by atoms with van der Waals surface area (Å²) in [5.41, 5.74) is 4.17. The van der Waals surface area contributed by atoms with Gasteiger partial charge in [0.2, 0.25) is 0 Å². The Bertz CT molecular complexity index is 904. The second-order valence-corrected chi connectivity index (χ2v) is 6.55. The Kier molecular flexibility index (Phi) is 5.71. The molecule has 27 heavy (non-hydrogen) atoms. The smallest absolute Gasteiger partial charge is 0.257 e. The number of nitrogens with one attached hydrogen (secondary N) is 2. The fourth-order valence-electron chi connectivity index (χ4n) is 2.63. The van der Waals surface area contributed by atoms with Crippen LogP contribution in [0.4, 0.5) is 17.1 Å². The van der Waals surface area contributed by atoms with Crippen molar-refractivity contribution < 1.29 is 9.53 Å². The molecule has 1 amide bonds. The van der Waals surface area contributed by atoms with E-state index >= 15 is 0 Å². The molecule has 2 N–H and O–H groups in total. The molecule has 3 aromatic rings. The van der Waals surface area contributed by atoms with E-state index < -0.39 is 0 Å². The first-order chi connectivity index (χ1) is 13.0. The van der Waals surface area contributed by atoms with Gasteiger partial charge in [-0.2, -0.15) is 0 Å². The summed E-state index contributed by atoms with van der Waals surface area (Å²) in [6.45, 7) is 4.33. The molecule has 3 rings (SSSR count). The highest BCUT2D eigenvalue weighted by Crippen LogP contribution is 2.21. The van der Waals surface area contributed by atoms with Crippen LogP contribution < -0.4 is 15.4 Å². The molecule has 2 aromatic carbocycles. The highest BCUT2D eigenvalue weighted by Gasteiger charge is 2.08. The number of rotatable bonds is 6. The monoisotopic (exact) mass is 361 g/mol. The molecule has 138 valence electrons. The van der Waals surface area contributed by atoms with Gasteiger partial charge in [-0.05, 0) is 53.9 Å². The minimum Gasteiger partial charge on any atom is -0.497 e. The Morgan fingerprint density at radius 2 is 1.59 bits per heavy atom. The zero-order chi connectivity index (χ0) is 19.2. The first-order valence-electron chi connectivity index (χ1n) is 8.82. The number of anilines is 3. The Morgan fingerprint density at radius 3 is 2.22 bits per heavy atom. The maximum atomic E-state index is 12.5. The Morgan fingerprint density at radius 1 is 0.926 bits per heavy atom. The van der Waals surface area contributed by atoms with Gasteiger partial charge in [0.05, 0.1) is 24.6 Å². The molecule has 0 unspecified atom stereocenters. The molecule has 5 heteroatoms. The van der Waals surface area contributed by atoms with E-state index in [2.05, 4.69) is 41.6 Å². The van der Waals surface area contributed by atoms with Crippen molar-refractivity contribution in [2.24, 2.45) is 0 Å². The van der Waals surface area contributed by atoms with Crippen LogP contribution in [0.1, 0.15) is 35.7 Å². The highest BCUT2D eigenvalue weighted by molar-refractivity contribution is 6.04. The molecule has 5 nitrogen and oxygen atoms in total. The average Bonchev–Trinajstić information content (AvgIpc) is 2.69. The number of carbonyl (C=O) groups excluding carboxylic acids is 1. The van der Waals surface area contributed by atoms with E-state index in [1.807, 2.05) is 12.1 Å². The summed E-state index contributed by atoms with van der Waals surface area (Å²) >= 11 is 0. The lowest BCUT2D eigenvalue weighted by molar-refractivity contribution is 0.102. The molecule has 1 aromatic heterocycles. The Hall–Kier alpha value is -3.34. The van der Waals surface area contributed by atoms with E-state index in [1.54, 1.807) is 49.8 Å². The summed E-state index contributed by atoms with van der Waals surface area (Å²) in [5.74, 6) is 1.02. The number of pyridine rings is 1. The van der Waals surface area contributed by atoms with Crippen LogP contribution in [0.5, 0.6) is 5.75 Å². The first-order valence-corrected chi connectivity index (χ1v) is 8.82. The molecule has 0 aliphatic rings. The fourth-order valence-corrected chi connectivity index (χ4v) is 2.63. The van der Waals surface area contributed by atoms with E-state index in [-0.39, 0.29) is 5.91 Å². The van der Waals surface area contributed by atoms with Crippen molar-refractivity contribution in [3.63, 3.8) is 0 Å². The van der Waals surface area contributed by atoms with Crippen molar-refractivity contribution in [2.75, 3.05) is 17.7 Å². The Balaban J connectivity index is 1.69. The molecule has 0 aliphatic heterocycles. The van der Waals surface area contributed by atoms with Crippen LogP contribution in [0.3, 0.4) is 0 Å². The molecule has 0 spiro atoms. The molecular formula is C22H23N3O2. The second kappa shape index (κ2) is 8.36. The maximum Gasteiger partial charge on any atom is 0.257 e. The van der Waals surface area contributed by atoms with Crippen LogP contribution in [0, 0.1) is 0 Å². The van der Waals surface area contributed by atoms with Crippen LogP contribution >= 0.6 is 0 Å². The normalized spacial score (nSPS) is 10.5. The predicted molar refractivity (Wildman–Crippen MR) is 109 cm³/mol. The van der Waals surface area contributed by atoms with Crippen LogP contribution in [-0.4, -0.2) is 18.0 Å². The van der Waals surface area contributed by atoms with Crippen LogP contribution in [0.15, 0.2) is 67.0 Å². The van der Waals surface area contributed by atoms with Gasteiger partial charge in [0, 0.05) is 17.6 Å². The lowest BCUT2D eigenvalue weighted by Gasteiger charge is -2.10. The summed E-state index contributed by atoms with van der Waals surface area (Å²) in [7, 11) is 1.61. The zero-order valence-electron chi connectivity index (χ0n) is 15.7. The molecular weight excluding hydrogens is 338 g/mol. The highest BCUT2D eigenvalue weighted by atomic mass is 16.5. The van der Waals surface area contributed by atoms with Crippen molar-refractivity contribution in [1.29, 1.82) is 0 Å². The maximum absolute atomic E-state index is 12.5. The quantitative estimate of drug-likeness (QED) is 0.633. The number of hydrogen-bond donors (Lipinski definition) is 2. The number of amides is 1. The molecule has 0 saturated heterocycles. The molecule has 0 fully saturated rings. The third-order valence-electron chi connectivity index (χ3n) is 4.21. The van der Waals surface area contributed by atoms with E-state index in [0.717, 1.165) is 17.1 Å². The van der Waals surface area contributed by atoms with Gasteiger partial charge in [0.1, 0.15) is 5.75 Å². The number of aromatic nitrogens is 1. The lowest BCUT2D eigenvalue weighted by Crippen LogP contribution is -2.12. The fraction of sp³-hybridized carbons (Fsp3) is 0.182. The second-order valence-electron chi connectivity index (χ2n) is 6.55. The molecule has 0 aliphatic carbocycles. The summed E-state index contributed by atoms with van der Waals surface area (Å²) < 4.78 is 5.12. The number of carbonyl (C=O) groups is 1. The van der Waals surface area contributed by atoms with E-state index in [0.29, 0.717) is 17.2 Å². The zero-order valence-corrected chi connectivity index (χ0v) is 15.7. The minimum atomic E-state index is -0.216. The SMILES string of the molecule is COc1ccc(NC(=O)c2cncc(Nc3ccc(C(C)C)cc3)c2)cc1. The van der Waals surface area contributed by atoms with Crippen molar-refractivity contribution in [3.05, 3.63) is 78.1 Å². The molecule has 0 atom stereocenters. The van der Waals surface area contributed by atoms with Crippen molar-refractivity contribution in [2.45, 2.75) is 19.8 Å². The third-order valence-corrected chi connectivity index (χ3v) is 4.21. The third kappa shape index (κ3) is 4.85. The lowest BCUT2D eigenvalue weighted by atomic mass is 10.0.